The molecule has 6 rings (SSSR count). The minimum atomic E-state index is -0.986. The number of rotatable bonds is 8. The monoisotopic (exact) mass is 551 g/mol. The summed E-state index contributed by atoms with van der Waals surface area (Å²) < 4.78 is 0. The zero-order valence-corrected chi connectivity index (χ0v) is 22.3. The van der Waals surface area contributed by atoms with Gasteiger partial charge in [0.15, 0.2) is 0 Å². The van der Waals surface area contributed by atoms with Gasteiger partial charge in [-0.25, -0.2) is 4.79 Å². The lowest BCUT2D eigenvalue weighted by Gasteiger charge is -2.11. The number of carbonyl (C=O) groups is 1. The number of fused-ring (bicyclic) bond motifs is 2. The molecule has 204 valence electrons. The molecule has 42 heavy (non-hydrogen) atoms. The van der Waals surface area contributed by atoms with Crippen LogP contribution in [0.25, 0.3) is 21.5 Å². The van der Waals surface area contributed by atoms with E-state index in [0.29, 0.717) is 23.6 Å². The summed E-state index contributed by atoms with van der Waals surface area (Å²) in [6.45, 7) is 0.620. The second-order valence-corrected chi connectivity index (χ2v) is 9.60. The fraction of sp³-hybridized carbons (Fsp3) is 0.0294. The van der Waals surface area contributed by atoms with E-state index >= 15 is 0 Å². The highest BCUT2D eigenvalue weighted by molar-refractivity contribution is 6.01. The molecular formula is C34H25N5O3. The number of phenols is 1. The predicted octanol–water partition coefficient (Wildman–Crippen LogP) is 9.84. The van der Waals surface area contributed by atoms with Gasteiger partial charge >= 0.3 is 5.97 Å². The maximum atomic E-state index is 11.1. The van der Waals surface area contributed by atoms with Crippen LogP contribution < -0.4 is 5.32 Å². The normalized spacial score (nSPS) is 11.5. The molecule has 6 aromatic carbocycles. The average molecular weight is 552 g/mol. The standard InChI is InChI=1S/C34H25N5O3/c40-25-15-9-22(10-16-25)21-35-30-17-18-32(27-6-2-1-5-26(27)30)38-39-33-20-19-31(28-7-3-4-8-29(28)33)37-36-24-13-11-23(12-14-24)34(41)42/h1-20,35,40H,21H2,(H,41,42). The van der Waals surface area contributed by atoms with Gasteiger partial charge in [0.2, 0.25) is 0 Å². The molecule has 0 radical (unpaired) electrons. The second kappa shape index (κ2) is 11.7. The molecule has 0 atom stereocenters. The molecule has 3 N–H and O–H groups in total. The number of carboxylic acids is 1. The lowest BCUT2D eigenvalue weighted by Crippen LogP contribution is -1.99. The quantitative estimate of drug-likeness (QED) is 0.163. The van der Waals surface area contributed by atoms with E-state index in [4.69, 9.17) is 5.11 Å². The van der Waals surface area contributed by atoms with E-state index in [2.05, 4.69) is 31.8 Å². The summed E-state index contributed by atoms with van der Waals surface area (Å²) in [7, 11) is 0. The number of hydrogen-bond acceptors (Lipinski definition) is 7. The molecule has 0 fully saturated rings. The molecule has 0 aliphatic carbocycles. The lowest BCUT2D eigenvalue weighted by atomic mass is 10.1. The molecule has 0 saturated carbocycles. The Morgan fingerprint density at radius 2 is 1.07 bits per heavy atom. The van der Waals surface area contributed by atoms with E-state index < -0.39 is 5.97 Å². The molecule has 0 spiro atoms. The van der Waals surface area contributed by atoms with Crippen LogP contribution in [0, 0.1) is 0 Å². The molecule has 6 aromatic rings. The van der Waals surface area contributed by atoms with E-state index in [1.807, 2.05) is 78.9 Å². The van der Waals surface area contributed by atoms with E-state index in [-0.39, 0.29) is 11.3 Å². The van der Waals surface area contributed by atoms with Crippen LogP contribution >= 0.6 is 0 Å². The van der Waals surface area contributed by atoms with Crippen molar-refractivity contribution in [2.75, 3.05) is 5.32 Å². The van der Waals surface area contributed by atoms with Crippen LogP contribution in [0.2, 0.25) is 0 Å². The van der Waals surface area contributed by atoms with Gasteiger partial charge in [0, 0.05) is 33.8 Å². The number of hydrogen-bond donors (Lipinski definition) is 3. The molecule has 0 heterocycles. The number of anilines is 1. The third-order valence-electron chi connectivity index (χ3n) is 6.85. The highest BCUT2D eigenvalue weighted by Gasteiger charge is 2.09. The number of nitrogens with zero attached hydrogens (tertiary/aromatic N) is 4. The summed E-state index contributed by atoms with van der Waals surface area (Å²) in [6, 6.07) is 36.9. The Bertz CT molecular complexity index is 1970. The zero-order chi connectivity index (χ0) is 28.9. The summed E-state index contributed by atoms with van der Waals surface area (Å²) in [5.74, 6) is -0.740. The van der Waals surface area contributed by atoms with Gasteiger partial charge in [-0.05, 0) is 66.2 Å². The maximum Gasteiger partial charge on any atom is 0.335 e. The van der Waals surface area contributed by atoms with Crippen molar-refractivity contribution >= 4 is 56.0 Å². The van der Waals surface area contributed by atoms with Crippen LogP contribution in [0.3, 0.4) is 0 Å². The number of phenolic OH excluding ortho intramolecular Hbond substituents is 1. The van der Waals surface area contributed by atoms with E-state index in [1.165, 1.54) is 12.1 Å². The molecule has 8 nitrogen and oxygen atoms in total. The molecule has 0 aliphatic rings. The minimum absolute atomic E-state index is 0.196. The first kappa shape index (κ1) is 26.3. The summed E-state index contributed by atoms with van der Waals surface area (Å²) >= 11 is 0. The lowest BCUT2D eigenvalue weighted by molar-refractivity contribution is 0.0697. The van der Waals surface area contributed by atoms with Crippen LogP contribution in [0.4, 0.5) is 28.4 Å². The van der Waals surface area contributed by atoms with Crippen molar-refractivity contribution in [3.63, 3.8) is 0 Å². The van der Waals surface area contributed by atoms with Crippen molar-refractivity contribution in [1.29, 1.82) is 0 Å². The Hall–Kier alpha value is -5.89. The minimum Gasteiger partial charge on any atom is -0.508 e. The van der Waals surface area contributed by atoms with Crippen LogP contribution in [-0.4, -0.2) is 16.2 Å². The molecule has 0 bridgehead atoms. The molecule has 0 unspecified atom stereocenters. The largest absolute Gasteiger partial charge is 0.508 e. The van der Waals surface area contributed by atoms with Gasteiger partial charge in [-0.3, -0.25) is 0 Å². The van der Waals surface area contributed by atoms with E-state index in [1.54, 1.807) is 24.3 Å². The van der Waals surface area contributed by atoms with Gasteiger partial charge in [-0.1, -0.05) is 60.7 Å². The summed E-state index contributed by atoms with van der Waals surface area (Å²) in [6.07, 6.45) is 0. The van der Waals surface area contributed by atoms with Gasteiger partial charge in [-0.2, -0.15) is 5.11 Å². The van der Waals surface area contributed by atoms with Crippen LogP contribution in [0.5, 0.6) is 5.75 Å². The second-order valence-electron chi connectivity index (χ2n) is 9.60. The Morgan fingerprint density at radius 3 is 1.64 bits per heavy atom. The van der Waals surface area contributed by atoms with Gasteiger partial charge in [0.25, 0.3) is 0 Å². The Balaban J connectivity index is 1.27. The van der Waals surface area contributed by atoms with Crippen molar-refractivity contribution in [2.24, 2.45) is 20.5 Å². The smallest absolute Gasteiger partial charge is 0.335 e. The van der Waals surface area contributed by atoms with Crippen LogP contribution in [-0.2, 0) is 6.54 Å². The molecule has 0 aliphatic heterocycles. The van der Waals surface area contributed by atoms with Crippen molar-refractivity contribution in [1.82, 2.24) is 0 Å². The predicted molar refractivity (Wildman–Crippen MR) is 165 cm³/mol. The number of carboxylic acid groups (broad SMARTS) is 1. The molecule has 8 heteroatoms. The topological polar surface area (TPSA) is 119 Å². The molecular weight excluding hydrogens is 526 g/mol. The Labute approximate surface area is 241 Å². The summed E-state index contributed by atoms with van der Waals surface area (Å²) in [5.41, 5.74) is 4.92. The number of aromatic hydroxyl groups is 1. The third kappa shape index (κ3) is 5.68. The van der Waals surface area contributed by atoms with Crippen LogP contribution in [0.15, 0.2) is 142 Å². The molecule has 0 saturated heterocycles. The van der Waals surface area contributed by atoms with Crippen LogP contribution in [0.1, 0.15) is 15.9 Å². The first-order valence-electron chi connectivity index (χ1n) is 13.3. The number of aromatic carboxylic acids is 1. The molecule has 0 amide bonds. The SMILES string of the molecule is O=C(O)c1ccc(N=Nc2ccc(N=Nc3ccc(NCc4ccc(O)cc4)c4ccccc34)c3ccccc23)cc1. The number of azo groups is 2. The summed E-state index contributed by atoms with van der Waals surface area (Å²) in [4.78, 5) is 11.1. The highest BCUT2D eigenvalue weighted by Crippen LogP contribution is 2.37. The summed E-state index contributed by atoms with van der Waals surface area (Å²) in [5, 5.41) is 43.9. The zero-order valence-electron chi connectivity index (χ0n) is 22.3. The van der Waals surface area contributed by atoms with E-state index in [0.717, 1.165) is 38.5 Å². The van der Waals surface area contributed by atoms with E-state index in [9.17, 15) is 9.90 Å². The van der Waals surface area contributed by atoms with Gasteiger partial charge in [0.05, 0.1) is 28.3 Å². The third-order valence-corrected chi connectivity index (χ3v) is 6.85. The first-order valence-corrected chi connectivity index (χ1v) is 13.3. The number of nitrogens with one attached hydrogen (secondary N) is 1. The Kier molecular flexibility index (Phi) is 7.33. The van der Waals surface area contributed by atoms with Crippen molar-refractivity contribution in [3.8, 4) is 5.75 Å². The fourth-order valence-electron chi connectivity index (χ4n) is 4.67. The highest BCUT2D eigenvalue weighted by atomic mass is 16.4. The van der Waals surface area contributed by atoms with Gasteiger partial charge < -0.3 is 15.5 Å². The number of benzene rings is 6. The average Bonchev–Trinajstić information content (AvgIpc) is 3.03. The maximum absolute atomic E-state index is 11.1. The van der Waals surface area contributed by atoms with Gasteiger partial charge in [0.1, 0.15) is 5.75 Å². The first-order chi connectivity index (χ1) is 20.5. The molecule has 0 aromatic heterocycles. The van der Waals surface area contributed by atoms with Crippen molar-refractivity contribution in [3.05, 3.63) is 132 Å². The fourth-order valence-corrected chi connectivity index (χ4v) is 4.67. The Morgan fingerprint density at radius 1 is 0.571 bits per heavy atom. The van der Waals surface area contributed by atoms with Crippen molar-refractivity contribution in [2.45, 2.75) is 6.54 Å². The van der Waals surface area contributed by atoms with Gasteiger partial charge in [-0.15, -0.1) is 15.3 Å². The van der Waals surface area contributed by atoms with Crippen molar-refractivity contribution < 1.29 is 15.0 Å².